The molecule has 1 saturated heterocycles. The molecule has 1 aliphatic rings. The Kier molecular flexibility index (Phi) is 4.81. The Bertz CT molecular complexity index is 432. The van der Waals surface area contributed by atoms with Gasteiger partial charge >= 0.3 is 0 Å². The van der Waals surface area contributed by atoms with Gasteiger partial charge in [-0.25, -0.2) is 4.98 Å². The summed E-state index contributed by atoms with van der Waals surface area (Å²) in [5.41, 5.74) is 0.0350. The molecule has 1 unspecified atom stereocenters. The third kappa shape index (κ3) is 3.39. The van der Waals surface area contributed by atoms with Crippen LogP contribution in [0.15, 0.2) is 12.3 Å². The molecule has 0 saturated carbocycles. The predicted molar refractivity (Wildman–Crippen MR) is 82.3 cm³/mol. The summed E-state index contributed by atoms with van der Waals surface area (Å²) in [5.74, 6) is 1.64. The Labute approximate surface area is 121 Å². The van der Waals surface area contributed by atoms with E-state index < -0.39 is 0 Å². The predicted octanol–water partition coefficient (Wildman–Crippen LogP) is 2.69. The van der Waals surface area contributed by atoms with Gasteiger partial charge in [0.25, 0.3) is 0 Å². The molecule has 0 aromatic carbocycles. The molecule has 0 spiro atoms. The zero-order valence-electron chi connectivity index (χ0n) is 13.0. The van der Waals surface area contributed by atoms with Gasteiger partial charge in [-0.1, -0.05) is 13.8 Å². The molecular weight excluding hydrogens is 252 g/mol. The van der Waals surface area contributed by atoms with E-state index in [1.54, 1.807) is 6.20 Å². The van der Waals surface area contributed by atoms with Crippen molar-refractivity contribution in [3.8, 4) is 0 Å². The van der Waals surface area contributed by atoms with E-state index in [-0.39, 0.29) is 5.60 Å². The van der Waals surface area contributed by atoms with Crippen molar-refractivity contribution in [1.29, 1.82) is 0 Å². The van der Waals surface area contributed by atoms with E-state index in [2.05, 4.69) is 29.1 Å². The van der Waals surface area contributed by atoms with Gasteiger partial charge in [0.2, 0.25) is 5.95 Å². The molecule has 1 fully saturated rings. The van der Waals surface area contributed by atoms with Gasteiger partial charge in [-0.3, -0.25) is 0 Å². The third-order valence-corrected chi connectivity index (χ3v) is 4.18. The van der Waals surface area contributed by atoms with Gasteiger partial charge in [0, 0.05) is 32.9 Å². The molecule has 1 aromatic heterocycles. The van der Waals surface area contributed by atoms with Crippen LogP contribution in [0.3, 0.4) is 0 Å². The Balaban J connectivity index is 2.04. The Hall–Kier alpha value is -1.36. The highest BCUT2D eigenvalue weighted by Crippen LogP contribution is 2.32. The summed E-state index contributed by atoms with van der Waals surface area (Å²) in [6.45, 7) is 5.24. The summed E-state index contributed by atoms with van der Waals surface area (Å²) >= 11 is 0. The second kappa shape index (κ2) is 6.39. The molecule has 1 atom stereocenters. The molecular formula is C15H26N4O. The van der Waals surface area contributed by atoms with Crippen molar-refractivity contribution in [2.75, 3.05) is 30.9 Å². The topological polar surface area (TPSA) is 50.3 Å². The largest absolute Gasteiger partial charge is 0.375 e. The number of rotatable bonds is 5. The smallest absolute Gasteiger partial charge is 0.226 e. The molecule has 5 nitrogen and oxygen atoms in total. The summed E-state index contributed by atoms with van der Waals surface area (Å²) < 4.78 is 6.01. The lowest BCUT2D eigenvalue weighted by atomic mass is 9.86. The van der Waals surface area contributed by atoms with Crippen LogP contribution in [0, 0.1) is 0 Å². The van der Waals surface area contributed by atoms with Crippen LogP contribution in [0.25, 0.3) is 0 Å². The average molecular weight is 278 g/mol. The first-order valence-electron chi connectivity index (χ1n) is 7.49. The summed E-state index contributed by atoms with van der Waals surface area (Å²) in [6, 6.07) is 2.36. The zero-order valence-corrected chi connectivity index (χ0v) is 13.0. The minimum Gasteiger partial charge on any atom is -0.375 e. The highest BCUT2D eigenvalue weighted by molar-refractivity contribution is 5.41. The lowest BCUT2D eigenvalue weighted by Crippen LogP contribution is -2.43. The van der Waals surface area contributed by atoms with E-state index in [1.807, 2.05) is 25.1 Å². The van der Waals surface area contributed by atoms with Crippen molar-refractivity contribution in [3.05, 3.63) is 12.3 Å². The maximum absolute atomic E-state index is 6.01. The Morgan fingerprint density at radius 1 is 1.40 bits per heavy atom. The zero-order chi connectivity index (χ0) is 14.6. The second-order valence-corrected chi connectivity index (χ2v) is 5.71. The van der Waals surface area contributed by atoms with Crippen molar-refractivity contribution < 1.29 is 4.74 Å². The molecule has 0 amide bonds. The summed E-state index contributed by atoms with van der Waals surface area (Å²) in [4.78, 5) is 10.7. The number of ether oxygens (including phenoxy) is 1. The third-order valence-electron chi connectivity index (χ3n) is 4.18. The van der Waals surface area contributed by atoms with Gasteiger partial charge in [0.15, 0.2) is 0 Å². The molecule has 112 valence electrons. The van der Waals surface area contributed by atoms with Gasteiger partial charge in [-0.05, 0) is 31.7 Å². The quantitative estimate of drug-likeness (QED) is 0.897. The maximum Gasteiger partial charge on any atom is 0.226 e. The van der Waals surface area contributed by atoms with Gasteiger partial charge in [-0.2, -0.15) is 4.98 Å². The number of anilines is 2. The van der Waals surface area contributed by atoms with E-state index in [0.717, 1.165) is 44.1 Å². The maximum atomic E-state index is 6.01. The van der Waals surface area contributed by atoms with Crippen LogP contribution < -0.4 is 10.2 Å². The fourth-order valence-electron chi connectivity index (χ4n) is 2.75. The standard InChI is InChI=1S/C15H26N4O/c1-5-15(6-2)11-12(8-10-20-15)17-13-7-9-16-14(18-13)19(3)4/h7,9,12H,5-6,8,10-11H2,1-4H3,(H,16,17,18). The molecule has 1 N–H and O–H groups in total. The molecule has 0 radical (unpaired) electrons. The number of nitrogens with zero attached hydrogens (tertiary/aromatic N) is 3. The molecule has 2 rings (SSSR count). The number of aromatic nitrogens is 2. The summed E-state index contributed by atoms with van der Waals surface area (Å²) in [5, 5.41) is 3.54. The SMILES string of the molecule is CCC1(CC)CC(Nc2ccnc(N(C)C)n2)CCO1. The minimum atomic E-state index is 0.0350. The average Bonchev–Trinajstić information content (AvgIpc) is 2.47. The molecule has 0 aliphatic carbocycles. The normalized spacial score (nSPS) is 21.5. The van der Waals surface area contributed by atoms with Crippen molar-refractivity contribution in [2.24, 2.45) is 0 Å². The van der Waals surface area contributed by atoms with E-state index in [9.17, 15) is 0 Å². The van der Waals surface area contributed by atoms with Gasteiger partial charge in [-0.15, -0.1) is 0 Å². The monoisotopic (exact) mass is 278 g/mol. The molecule has 0 bridgehead atoms. The van der Waals surface area contributed by atoms with Crippen LogP contribution in [0.1, 0.15) is 39.5 Å². The Morgan fingerprint density at radius 3 is 2.80 bits per heavy atom. The van der Waals surface area contributed by atoms with Crippen LogP contribution in [0.2, 0.25) is 0 Å². The Morgan fingerprint density at radius 2 is 2.15 bits per heavy atom. The minimum absolute atomic E-state index is 0.0350. The van der Waals surface area contributed by atoms with Crippen molar-refractivity contribution in [1.82, 2.24) is 9.97 Å². The first-order chi connectivity index (χ1) is 9.58. The second-order valence-electron chi connectivity index (χ2n) is 5.71. The highest BCUT2D eigenvalue weighted by Gasteiger charge is 2.34. The molecule has 1 aromatic rings. The number of hydrogen-bond acceptors (Lipinski definition) is 5. The van der Waals surface area contributed by atoms with E-state index in [4.69, 9.17) is 4.74 Å². The van der Waals surface area contributed by atoms with Crippen molar-refractivity contribution in [3.63, 3.8) is 0 Å². The van der Waals surface area contributed by atoms with E-state index in [0.29, 0.717) is 6.04 Å². The fourth-order valence-corrected chi connectivity index (χ4v) is 2.75. The van der Waals surface area contributed by atoms with Crippen LogP contribution in [0.4, 0.5) is 11.8 Å². The van der Waals surface area contributed by atoms with E-state index in [1.165, 1.54) is 0 Å². The fraction of sp³-hybridized carbons (Fsp3) is 0.733. The summed E-state index contributed by atoms with van der Waals surface area (Å²) in [7, 11) is 3.90. The van der Waals surface area contributed by atoms with Crippen molar-refractivity contribution >= 4 is 11.8 Å². The molecule has 2 heterocycles. The number of hydrogen-bond donors (Lipinski definition) is 1. The van der Waals surface area contributed by atoms with Crippen LogP contribution in [-0.4, -0.2) is 42.3 Å². The highest BCUT2D eigenvalue weighted by atomic mass is 16.5. The van der Waals surface area contributed by atoms with Gasteiger partial charge < -0.3 is 15.0 Å². The van der Waals surface area contributed by atoms with Gasteiger partial charge in [0.05, 0.1) is 5.60 Å². The number of nitrogens with one attached hydrogen (secondary N) is 1. The molecule has 20 heavy (non-hydrogen) atoms. The van der Waals surface area contributed by atoms with Crippen LogP contribution in [0.5, 0.6) is 0 Å². The lowest BCUT2D eigenvalue weighted by Gasteiger charge is -2.40. The first kappa shape index (κ1) is 15.0. The summed E-state index contributed by atoms with van der Waals surface area (Å²) in [6.07, 6.45) is 6.00. The first-order valence-corrected chi connectivity index (χ1v) is 7.49. The molecule has 1 aliphatic heterocycles. The van der Waals surface area contributed by atoms with Gasteiger partial charge in [0.1, 0.15) is 5.82 Å². The van der Waals surface area contributed by atoms with Crippen LogP contribution in [-0.2, 0) is 4.74 Å². The molecule has 5 heteroatoms. The van der Waals surface area contributed by atoms with E-state index >= 15 is 0 Å². The lowest BCUT2D eigenvalue weighted by molar-refractivity contribution is -0.0864. The van der Waals surface area contributed by atoms with Crippen LogP contribution >= 0.6 is 0 Å². The van der Waals surface area contributed by atoms with Crippen molar-refractivity contribution in [2.45, 2.75) is 51.2 Å².